The molecule has 0 spiro atoms. The minimum Gasteiger partial charge on any atom is -0.381 e. The van der Waals surface area contributed by atoms with E-state index in [9.17, 15) is 4.79 Å². The van der Waals surface area contributed by atoms with Gasteiger partial charge in [-0.2, -0.15) is 0 Å². The third kappa shape index (κ3) is 5.31. The molecule has 1 aromatic rings. The number of carbonyl (C=O) groups is 1. The van der Waals surface area contributed by atoms with Gasteiger partial charge in [0, 0.05) is 31.5 Å². The maximum atomic E-state index is 12.0. The zero-order valence-corrected chi connectivity index (χ0v) is 13.4. The molecule has 0 aliphatic carbocycles. The summed E-state index contributed by atoms with van der Waals surface area (Å²) in [5, 5.41) is 5.89. The summed E-state index contributed by atoms with van der Waals surface area (Å²) in [7, 11) is 0. The summed E-state index contributed by atoms with van der Waals surface area (Å²) in [5.41, 5.74) is 1.89. The molecule has 1 fully saturated rings. The number of hydrogen-bond donors (Lipinski definition) is 2. The Morgan fingerprint density at radius 1 is 1.32 bits per heavy atom. The van der Waals surface area contributed by atoms with Crippen LogP contribution in [0.5, 0.6) is 0 Å². The fourth-order valence-corrected chi connectivity index (χ4v) is 2.61. The maximum absolute atomic E-state index is 12.0. The number of nitrogens with one attached hydrogen (secondary N) is 2. The molecule has 1 unspecified atom stereocenters. The summed E-state index contributed by atoms with van der Waals surface area (Å²) in [5.74, 6) is 0.494. The SMILES string of the molecule is CCOCc1ccc(NC(=O)NC(C)C2CCOCC2)cc1. The Kier molecular flexibility index (Phi) is 6.68. The van der Waals surface area contributed by atoms with Crippen molar-refractivity contribution in [1.82, 2.24) is 5.32 Å². The number of hydrogen-bond acceptors (Lipinski definition) is 3. The van der Waals surface area contributed by atoms with E-state index in [1.165, 1.54) is 0 Å². The molecule has 0 aromatic heterocycles. The van der Waals surface area contributed by atoms with Gasteiger partial charge in [-0.25, -0.2) is 4.79 Å². The van der Waals surface area contributed by atoms with Crippen LogP contribution >= 0.6 is 0 Å². The first-order valence-corrected chi connectivity index (χ1v) is 8.01. The minimum atomic E-state index is -0.156. The van der Waals surface area contributed by atoms with E-state index in [4.69, 9.17) is 9.47 Å². The molecule has 2 N–H and O–H groups in total. The van der Waals surface area contributed by atoms with Gasteiger partial charge < -0.3 is 20.1 Å². The van der Waals surface area contributed by atoms with E-state index >= 15 is 0 Å². The number of carbonyl (C=O) groups excluding carboxylic acids is 1. The van der Waals surface area contributed by atoms with Gasteiger partial charge in [0.2, 0.25) is 0 Å². The lowest BCUT2D eigenvalue weighted by atomic mass is 9.93. The lowest BCUT2D eigenvalue weighted by molar-refractivity contribution is 0.0573. The Bertz CT molecular complexity index is 455. The molecule has 0 saturated carbocycles. The summed E-state index contributed by atoms with van der Waals surface area (Å²) >= 11 is 0. The molecule has 1 atom stereocenters. The van der Waals surface area contributed by atoms with Crippen molar-refractivity contribution in [3.8, 4) is 0 Å². The van der Waals surface area contributed by atoms with E-state index < -0.39 is 0 Å². The average Bonchev–Trinajstić information content (AvgIpc) is 2.55. The fourth-order valence-electron chi connectivity index (χ4n) is 2.61. The second-order valence-electron chi connectivity index (χ2n) is 5.67. The smallest absolute Gasteiger partial charge is 0.319 e. The van der Waals surface area contributed by atoms with Crippen LogP contribution < -0.4 is 10.6 Å². The third-order valence-corrected chi connectivity index (χ3v) is 4.02. The zero-order valence-electron chi connectivity index (χ0n) is 13.4. The van der Waals surface area contributed by atoms with Gasteiger partial charge in [-0.3, -0.25) is 0 Å². The standard InChI is InChI=1S/C17H26N2O3/c1-3-21-12-14-4-6-16(7-5-14)19-17(20)18-13(2)15-8-10-22-11-9-15/h4-7,13,15H,3,8-12H2,1-2H3,(H2,18,19,20). The predicted octanol–water partition coefficient (Wildman–Crippen LogP) is 3.16. The number of urea groups is 1. The topological polar surface area (TPSA) is 59.6 Å². The van der Waals surface area contributed by atoms with Gasteiger partial charge in [-0.1, -0.05) is 12.1 Å². The molecular formula is C17H26N2O3. The number of benzene rings is 1. The van der Waals surface area contributed by atoms with Crippen LogP contribution in [0.15, 0.2) is 24.3 Å². The maximum Gasteiger partial charge on any atom is 0.319 e. The molecule has 2 rings (SSSR count). The van der Waals surface area contributed by atoms with E-state index in [0.717, 1.165) is 37.3 Å². The van der Waals surface area contributed by atoms with Crippen LogP contribution in [0.4, 0.5) is 10.5 Å². The van der Waals surface area contributed by atoms with Crippen LogP contribution in [0.2, 0.25) is 0 Å². The van der Waals surface area contributed by atoms with Crippen molar-refractivity contribution in [3.63, 3.8) is 0 Å². The average molecular weight is 306 g/mol. The lowest BCUT2D eigenvalue weighted by Crippen LogP contribution is -2.42. The van der Waals surface area contributed by atoms with Gasteiger partial charge in [0.1, 0.15) is 0 Å². The van der Waals surface area contributed by atoms with Gasteiger partial charge >= 0.3 is 6.03 Å². The third-order valence-electron chi connectivity index (χ3n) is 4.02. The number of amides is 2. The second-order valence-corrected chi connectivity index (χ2v) is 5.67. The summed E-state index contributed by atoms with van der Waals surface area (Å²) in [6.07, 6.45) is 2.02. The number of ether oxygens (including phenoxy) is 2. The van der Waals surface area contributed by atoms with Crippen molar-refractivity contribution < 1.29 is 14.3 Å². The van der Waals surface area contributed by atoms with Crippen LogP contribution in [0.3, 0.4) is 0 Å². The van der Waals surface area contributed by atoms with Gasteiger partial charge in [0.15, 0.2) is 0 Å². The fraction of sp³-hybridized carbons (Fsp3) is 0.588. The first kappa shape index (κ1) is 16.8. The minimum absolute atomic E-state index is 0.154. The quantitative estimate of drug-likeness (QED) is 0.848. The van der Waals surface area contributed by atoms with Gasteiger partial charge in [-0.15, -0.1) is 0 Å². The van der Waals surface area contributed by atoms with Gasteiger partial charge in [-0.05, 0) is 50.3 Å². The van der Waals surface area contributed by atoms with Crippen LogP contribution in [0, 0.1) is 5.92 Å². The number of rotatable bonds is 6. The van der Waals surface area contributed by atoms with E-state index in [1.54, 1.807) is 0 Å². The summed E-state index contributed by atoms with van der Waals surface area (Å²) < 4.78 is 10.7. The molecule has 0 radical (unpaired) electrons. The molecule has 0 bridgehead atoms. The van der Waals surface area contributed by atoms with Crippen molar-refractivity contribution in [2.45, 2.75) is 39.3 Å². The molecular weight excluding hydrogens is 280 g/mol. The first-order valence-electron chi connectivity index (χ1n) is 8.01. The highest BCUT2D eigenvalue weighted by Gasteiger charge is 2.21. The van der Waals surface area contributed by atoms with E-state index in [0.29, 0.717) is 19.1 Å². The Morgan fingerprint density at radius 2 is 2.00 bits per heavy atom. The van der Waals surface area contributed by atoms with Crippen LogP contribution in [-0.2, 0) is 16.1 Å². The Hall–Kier alpha value is -1.59. The Morgan fingerprint density at radius 3 is 2.64 bits per heavy atom. The van der Waals surface area contributed by atoms with Gasteiger partial charge in [0.05, 0.1) is 6.61 Å². The summed E-state index contributed by atoms with van der Waals surface area (Å²) in [6, 6.07) is 7.72. The van der Waals surface area contributed by atoms with Crippen LogP contribution in [-0.4, -0.2) is 31.9 Å². The molecule has 1 aliphatic heterocycles. The van der Waals surface area contributed by atoms with Crippen molar-refractivity contribution >= 4 is 11.7 Å². The monoisotopic (exact) mass is 306 g/mol. The second kappa shape index (κ2) is 8.76. The molecule has 1 aromatic carbocycles. The molecule has 5 nitrogen and oxygen atoms in total. The highest BCUT2D eigenvalue weighted by atomic mass is 16.5. The van der Waals surface area contributed by atoms with Gasteiger partial charge in [0.25, 0.3) is 0 Å². The van der Waals surface area contributed by atoms with E-state index in [2.05, 4.69) is 17.6 Å². The summed E-state index contributed by atoms with van der Waals surface area (Å²) in [4.78, 5) is 12.0. The Balaban J connectivity index is 1.78. The van der Waals surface area contributed by atoms with Crippen LogP contribution in [0.25, 0.3) is 0 Å². The van der Waals surface area contributed by atoms with E-state index in [1.807, 2.05) is 31.2 Å². The van der Waals surface area contributed by atoms with Crippen molar-refractivity contribution in [2.24, 2.45) is 5.92 Å². The highest BCUT2D eigenvalue weighted by Crippen LogP contribution is 2.18. The molecule has 2 amide bonds. The molecule has 22 heavy (non-hydrogen) atoms. The van der Waals surface area contributed by atoms with Crippen molar-refractivity contribution in [1.29, 1.82) is 0 Å². The van der Waals surface area contributed by atoms with Crippen molar-refractivity contribution in [3.05, 3.63) is 29.8 Å². The predicted molar refractivity (Wildman–Crippen MR) is 86.9 cm³/mol. The van der Waals surface area contributed by atoms with Crippen molar-refractivity contribution in [2.75, 3.05) is 25.1 Å². The molecule has 5 heteroatoms. The largest absolute Gasteiger partial charge is 0.381 e. The number of anilines is 1. The molecule has 122 valence electrons. The van der Waals surface area contributed by atoms with E-state index in [-0.39, 0.29) is 12.1 Å². The summed E-state index contributed by atoms with van der Waals surface area (Å²) in [6.45, 7) is 6.91. The van der Waals surface area contributed by atoms with Crippen LogP contribution in [0.1, 0.15) is 32.3 Å². The Labute approximate surface area is 132 Å². The molecule has 1 heterocycles. The highest BCUT2D eigenvalue weighted by molar-refractivity contribution is 5.89. The first-order chi connectivity index (χ1) is 10.7. The molecule has 1 aliphatic rings. The zero-order chi connectivity index (χ0) is 15.8. The molecule has 1 saturated heterocycles. The normalized spacial score (nSPS) is 17.0. The lowest BCUT2D eigenvalue weighted by Gasteiger charge is -2.28.